The Morgan fingerprint density at radius 3 is 2.56 bits per heavy atom. The second kappa shape index (κ2) is 8.49. The van der Waals surface area contributed by atoms with E-state index < -0.39 is 24.1 Å². The lowest BCUT2D eigenvalue weighted by Gasteiger charge is -2.59. The number of carbonyl (C=O) groups is 1. The quantitative estimate of drug-likeness (QED) is 0.598. The van der Waals surface area contributed by atoms with Crippen LogP contribution in [0.4, 0.5) is 17.6 Å². The van der Waals surface area contributed by atoms with Gasteiger partial charge in [-0.05, 0) is 49.4 Å². The highest BCUT2D eigenvalue weighted by atomic mass is 19.4. The van der Waals surface area contributed by atoms with E-state index in [1.165, 1.54) is 24.3 Å². The number of nitrogens with one attached hydrogen (secondary N) is 1. The topological polar surface area (TPSA) is 95.7 Å². The Hall–Kier alpha value is -2.73. The van der Waals surface area contributed by atoms with E-state index >= 15 is 0 Å². The summed E-state index contributed by atoms with van der Waals surface area (Å²) >= 11 is 0. The molecule has 1 aromatic heterocycles. The SMILES string of the molecule is C[C@@H]1[C@H]2CC1(NC(=O)COc1ccc(F)cc1)CO[C@H]2c1nnc(C2CC(OC(F)(F)F)C2)o1. The van der Waals surface area contributed by atoms with Gasteiger partial charge in [-0.2, -0.15) is 0 Å². The monoisotopic (exact) mass is 485 g/mol. The number of hydrogen-bond acceptors (Lipinski definition) is 7. The van der Waals surface area contributed by atoms with Crippen molar-refractivity contribution in [3.05, 3.63) is 41.9 Å². The average molecular weight is 485 g/mol. The number of ether oxygens (including phenoxy) is 3. The molecule has 2 aliphatic heterocycles. The highest BCUT2D eigenvalue weighted by Gasteiger charge is 2.60. The largest absolute Gasteiger partial charge is 0.522 e. The van der Waals surface area contributed by atoms with E-state index in [1.54, 1.807) is 0 Å². The molecule has 4 fully saturated rings. The number of hydrogen-bond donors (Lipinski definition) is 1. The van der Waals surface area contributed by atoms with Crippen molar-refractivity contribution in [2.24, 2.45) is 11.8 Å². The zero-order chi connectivity index (χ0) is 24.1. The Morgan fingerprint density at radius 1 is 1.21 bits per heavy atom. The zero-order valence-electron chi connectivity index (χ0n) is 18.2. The minimum atomic E-state index is -4.65. The van der Waals surface area contributed by atoms with E-state index in [1.807, 2.05) is 6.92 Å². The van der Waals surface area contributed by atoms with Crippen molar-refractivity contribution in [1.82, 2.24) is 15.5 Å². The number of rotatable bonds is 7. The van der Waals surface area contributed by atoms with Crippen LogP contribution >= 0.6 is 0 Å². The maximum Gasteiger partial charge on any atom is 0.522 e. The van der Waals surface area contributed by atoms with Crippen LogP contribution in [-0.4, -0.2) is 47.3 Å². The fourth-order valence-corrected chi connectivity index (χ4v) is 4.98. The summed E-state index contributed by atoms with van der Waals surface area (Å²) in [7, 11) is 0. The Morgan fingerprint density at radius 2 is 1.91 bits per heavy atom. The van der Waals surface area contributed by atoms with Gasteiger partial charge in [0.2, 0.25) is 11.8 Å². The number of carbonyl (C=O) groups excluding carboxylic acids is 1. The van der Waals surface area contributed by atoms with Crippen LogP contribution in [0.2, 0.25) is 0 Å². The number of benzene rings is 1. The Labute approximate surface area is 191 Å². The molecule has 34 heavy (non-hydrogen) atoms. The smallest absolute Gasteiger partial charge is 0.484 e. The van der Waals surface area contributed by atoms with Crippen LogP contribution in [0.1, 0.15) is 50.0 Å². The van der Waals surface area contributed by atoms with E-state index in [9.17, 15) is 22.4 Å². The molecule has 4 aliphatic rings. The molecule has 2 bridgehead atoms. The van der Waals surface area contributed by atoms with E-state index in [0.717, 1.165) is 0 Å². The predicted octanol–water partition coefficient (Wildman–Crippen LogP) is 3.65. The van der Waals surface area contributed by atoms with Gasteiger partial charge >= 0.3 is 6.36 Å². The summed E-state index contributed by atoms with van der Waals surface area (Å²) in [6.07, 6.45) is -4.99. The van der Waals surface area contributed by atoms with Gasteiger partial charge in [0.05, 0.1) is 18.2 Å². The van der Waals surface area contributed by atoms with Gasteiger partial charge < -0.3 is 19.2 Å². The van der Waals surface area contributed by atoms with Gasteiger partial charge in [0.25, 0.3) is 5.91 Å². The summed E-state index contributed by atoms with van der Waals surface area (Å²) < 4.78 is 70.9. The number of amides is 1. The lowest BCUT2D eigenvalue weighted by Crippen LogP contribution is -2.70. The number of fused-ring (bicyclic) bond motifs is 2. The summed E-state index contributed by atoms with van der Waals surface area (Å²) in [5.74, 6) is 0.130. The number of halogens is 4. The first-order valence-electron chi connectivity index (χ1n) is 11.0. The molecule has 2 saturated carbocycles. The first-order valence-corrected chi connectivity index (χ1v) is 11.0. The second-order valence-electron chi connectivity index (χ2n) is 9.17. The molecule has 184 valence electrons. The number of alkyl halides is 3. The summed E-state index contributed by atoms with van der Waals surface area (Å²) in [6, 6.07) is 5.40. The molecular weight excluding hydrogens is 462 g/mol. The van der Waals surface area contributed by atoms with Crippen molar-refractivity contribution in [3.63, 3.8) is 0 Å². The molecule has 12 heteroatoms. The van der Waals surface area contributed by atoms with Crippen LogP contribution in [0.5, 0.6) is 5.75 Å². The lowest BCUT2D eigenvalue weighted by molar-refractivity contribution is -0.352. The van der Waals surface area contributed by atoms with Gasteiger partial charge in [-0.1, -0.05) is 6.92 Å². The maximum absolute atomic E-state index is 13.0. The van der Waals surface area contributed by atoms with Crippen molar-refractivity contribution in [2.75, 3.05) is 13.2 Å². The van der Waals surface area contributed by atoms with Crippen molar-refractivity contribution in [1.29, 1.82) is 0 Å². The minimum Gasteiger partial charge on any atom is -0.484 e. The van der Waals surface area contributed by atoms with Crippen LogP contribution < -0.4 is 10.1 Å². The highest BCUT2D eigenvalue weighted by Crippen LogP contribution is 2.55. The third-order valence-corrected chi connectivity index (χ3v) is 7.04. The van der Waals surface area contributed by atoms with Crippen LogP contribution in [0.15, 0.2) is 28.7 Å². The molecule has 1 unspecified atom stereocenters. The Kier molecular flexibility index (Phi) is 5.75. The maximum atomic E-state index is 13.0. The van der Waals surface area contributed by atoms with Gasteiger partial charge in [0, 0.05) is 11.8 Å². The third kappa shape index (κ3) is 4.48. The van der Waals surface area contributed by atoms with Crippen LogP contribution in [-0.2, 0) is 14.3 Å². The van der Waals surface area contributed by atoms with Crippen molar-refractivity contribution in [2.45, 2.75) is 56.2 Å². The number of aromatic nitrogens is 2. The molecule has 1 aromatic carbocycles. The van der Waals surface area contributed by atoms with Crippen LogP contribution in [0.3, 0.4) is 0 Å². The average Bonchev–Trinajstić information content (AvgIpc) is 3.24. The van der Waals surface area contributed by atoms with Gasteiger partial charge in [0.15, 0.2) is 6.61 Å². The molecule has 2 aliphatic carbocycles. The summed E-state index contributed by atoms with van der Waals surface area (Å²) in [6.45, 7) is 2.05. The summed E-state index contributed by atoms with van der Waals surface area (Å²) in [4.78, 5) is 12.4. The van der Waals surface area contributed by atoms with Crippen LogP contribution in [0, 0.1) is 17.7 Å². The molecule has 0 spiro atoms. The molecule has 2 saturated heterocycles. The van der Waals surface area contributed by atoms with E-state index in [0.29, 0.717) is 18.1 Å². The molecular formula is C22H23F4N3O5. The molecule has 1 amide bonds. The van der Waals surface area contributed by atoms with Gasteiger partial charge in [-0.15, -0.1) is 23.4 Å². The molecule has 8 nitrogen and oxygen atoms in total. The Bertz CT molecular complexity index is 1040. The molecule has 3 heterocycles. The normalized spacial score (nSPS) is 32.4. The molecule has 4 atom stereocenters. The standard InChI is InChI=1S/C22H23F4N3O5/c1-11-16-8-21(11,27-17(30)9-31-14-4-2-13(23)3-5-14)10-32-18(16)20-29-28-19(33-20)12-6-15(7-12)34-22(24,25)26/h2-5,11-12,15-16,18H,6-10H2,1H3,(H,27,30)/t11-,12?,15?,16-,18-,21?/m1/s1. The third-order valence-electron chi connectivity index (χ3n) is 7.04. The van der Waals surface area contributed by atoms with E-state index in [4.69, 9.17) is 13.9 Å². The van der Waals surface area contributed by atoms with Crippen LogP contribution in [0.25, 0.3) is 0 Å². The van der Waals surface area contributed by atoms with Crippen molar-refractivity contribution >= 4 is 5.91 Å². The van der Waals surface area contributed by atoms with Gasteiger partial charge in [-0.3, -0.25) is 9.53 Å². The highest BCUT2D eigenvalue weighted by molar-refractivity contribution is 5.78. The fraction of sp³-hybridized carbons (Fsp3) is 0.591. The molecule has 0 radical (unpaired) electrons. The number of nitrogens with zero attached hydrogens (tertiary/aromatic N) is 2. The molecule has 6 rings (SSSR count). The van der Waals surface area contributed by atoms with E-state index in [2.05, 4.69) is 20.3 Å². The van der Waals surface area contributed by atoms with Crippen molar-refractivity contribution < 1.29 is 41.0 Å². The lowest BCUT2D eigenvalue weighted by atomic mass is 9.56. The summed E-state index contributed by atoms with van der Waals surface area (Å²) in [5.41, 5.74) is -0.524. The van der Waals surface area contributed by atoms with Crippen molar-refractivity contribution in [3.8, 4) is 5.75 Å². The fourth-order valence-electron chi connectivity index (χ4n) is 4.98. The predicted molar refractivity (Wildman–Crippen MR) is 106 cm³/mol. The Balaban J connectivity index is 1.12. The molecule has 2 aromatic rings. The zero-order valence-corrected chi connectivity index (χ0v) is 18.2. The first-order chi connectivity index (χ1) is 16.1. The second-order valence-corrected chi connectivity index (χ2v) is 9.17. The van der Waals surface area contributed by atoms with Gasteiger partial charge in [-0.25, -0.2) is 4.39 Å². The molecule has 1 N–H and O–H groups in total. The summed E-state index contributed by atoms with van der Waals surface area (Å²) in [5, 5.41) is 11.1. The first kappa shape index (κ1) is 23.0. The minimum absolute atomic E-state index is 0.0445. The van der Waals surface area contributed by atoms with Gasteiger partial charge in [0.1, 0.15) is 17.7 Å². The van der Waals surface area contributed by atoms with E-state index in [-0.39, 0.29) is 61.4 Å².